The Morgan fingerprint density at radius 2 is 1.50 bits per heavy atom. The molecular weight excluding hydrogens is 256 g/mol. The van der Waals surface area contributed by atoms with E-state index >= 15 is 0 Å². The van der Waals surface area contributed by atoms with Gasteiger partial charge in [0.15, 0.2) is 0 Å². The molecular formula is C15H28N2O3. The summed E-state index contributed by atoms with van der Waals surface area (Å²) in [5.41, 5.74) is 0. The predicted octanol–water partition coefficient (Wildman–Crippen LogP) is 2.36. The molecule has 5 heteroatoms. The lowest BCUT2D eigenvalue weighted by atomic mass is 10.0. The molecule has 2 amide bonds. The van der Waals surface area contributed by atoms with Crippen molar-refractivity contribution in [3.05, 3.63) is 0 Å². The van der Waals surface area contributed by atoms with Gasteiger partial charge in [0, 0.05) is 32.1 Å². The zero-order valence-corrected chi connectivity index (χ0v) is 13.2. The molecule has 1 aliphatic rings. The molecule has 1 saturated heterocycles. The number of carbonyl (C=O) groups is 2. The highest BCUT2D eigenvalue weighted by Crippen LogP contribution is 2.14. The Hall–Kier alpha value is -1.26. The van der Waals surface area contributed by atoms with Crippen molar-refractivity contribution in [3.8, 4) is 0 Å². The Bertz CT molecular complexity index is 319. The van der Waals surface area contributed by atoms with E-state index < -0.39 is 0 Å². The number of ether oxygens (including phenoxy) is 1. The van der Waals surface area contributed by atoms with Gasteiger partial charge in [-0.05, 0) is 18.8 Å². The highest BCUT2D eigenvalue weighted by Gasteiger charge is 2.27. The van der Waals surface area contributed by atoms with E-state index in [-0.39, 0.29) is 17.9 Å². The largest absolute Gasteiger partial charge is 0.449 e. The summed E-state index contributed by atoms with van der Waals surface area (Å²) < 4.78 is 5.21. The summed E-state index contributed by atoms with van der Waals surface area (Å²) in [4.78, 5) is 27.6. The summed E-state index contributed by atoms with van der Waals surface area (Å²) in [5, 5.41) is 0. The highest BCUT2D eigenvalue weighted by atomic mass is 16.6. The molecule has 0 aromatic heterocycles. The number of piperazine rings is 1. The maximum atomic E-state index is 12.2. The van der Waals surface area contributed by atoms with Crippen LogP contribution in [0.25, 0.3) is 0 Å². The van der Waals surface area contributed by atoms with Gasteiger partial charge in [-0.3, -0.25) is 4.79 Å². The minimum Gasteiger partial charge on any atom is -0.449 e. The van der Waals surface area contributed by atoms with Crippen molar-refractivity contribution in [1.82, 2.24) is 9.80 Å². The smallest absolute Gasteiger partial charge is 0.409 e. The molecule has 5 nitrogen and oxygen atoms in total. The minimum absolute atomic E-state index is 0.120. The van der Waals surface area contributed by atoms with Gasteiger partial charge >= 0.3 is 6.09 Å². The second-order valence-electron chi connectivity index (χ2n) is 5.80. The first-order chi connectivity index (χ1) is 9.49. The fourth-order valence-electron chi connectivity index (χ4n) is 2.33. The fourth-order valence-corrected chi connectivity index (χ4v) is 2.33. The number of hydrogen-bond donors (Lipinski definition) is 0. The molecule has 0 aromatic carbocycles. The summed E-state index contributed by atoms with van der Waals surface area (Å²) in [6, 6.07) is 0. The first kappa shape index (κ1) is 16.8. The Morgan fingerprint density at radius 3 is 1.95 bits per heavy atom. The number of rotatable bonds is 5. The van der Waals surface area contributed by atoms with Crippen LogP contribution in [-0.4, -0.2) is 54.6 Å². The van der Waals surface area contributed by atoms with Crippen molar-refractivity contribution in [2.45, 2.75) is 40.5 Å². The van der Waals surface area contributed by atoms with Gasteiger partial charge in [-0.25, -0.2) is 4.79 Å². The van der Waals surface area contributed by atoms with Gasteiger partial charge in [0.1, 0.15) is 0 Å². The molecule has 0 radical (unpaired) electrons. The third-order valence-corrected chi connectivity index (χ3v) is 3.72. The van der Waals surface area contributed by atoms with Crippen LogP contribution < -0.4 is 0 Å². The van der Waals surface area contributed by atoms with Gasteiger partial charge in [0.05, 0.1) is 6.61 Å². The lowest BCUT2D eigenvalue weighted by molar-refractivity contribution is -0.137. The molecule has 116 valence electrons. The molecule has 0 spiro atoms. The number of amides is 2. The van der Waals surface area contributed by atoms with Gasteiger partial charge < -0.3 is 14.5 Å². The van der Waals surface area contributed by atoms with Crippen molar-refractivity contribution in [1.29, 1.82) is 0 Å². The number of carbonyl (C=O) groups excluding carboxylic acids is 2. The second kappa shape index (κ2) is 8.12. The lowest BCUT2D eigenvalue weighted by Gasteiger charge is -2.35. The first-order valence-electron chi connectivity index (χ1n) is 7.70. The molecule has 1 heterocycles. The average molecular weight is 284 g/mol. The van der Waals surface area contributed by atoms with Crippen LogP contribution in [0.3, 0.4) is 0 Å². The van der Waals surface area contributed by atoms with Crippen molar-refractivity contribution in [2.75, 3.05) is 32.8 Å². The van der Waals surface area contributed by atoms with Crippen LogP contribution in [0.15, 0.2) is 0 Å². The molecule has 1 aliphatic heterocycles. The average Bonchev–Trinajstić information content (AvgIpc) is 2.46. The van der Waals surface area contributed by atoms with Crippen LogP contribution in [0.5, 0.6) is 0 Å². The quantitative estimate of drug-likeness (QED) is 0.778. The van der Waals surface area contributed by atoms with E-state index in [0.717, 1.165) is 12.8 Å². The van der Waals surface area contributed by atoms with Gasteiger partial charge in [-0.1, -0.05) is 27.7 Å². The molecule has 0 saturated carbocycles. The van der Waals surface area contributed by atoms with E-state index in [0.29, 0.717) is 38.7 Å². The number of nitrogens with zero attached hydrogens (tertiary/aromatic N) is 2. The highest BCUT2D eigenvalue weighted by molar-refractivity contribution is 5.79. The molecule has 1 fully saturated rings. The minimum atomic E-state index is -0.256. The van der Waals surface area contributed by atoms with Gasteiger partial charge in [-0.15, -0.1) is 0 Å². The maximum absolute atomic E-state index is 12.2. The Kier molecular flexibility index (Phi) is 6.82. The zero-order chi connectivity index (χ0) is 15.1. The predicted molar refractivity (Wildman–Crippen MR) is 78.4 cm³/mol. The van der Waals surface area contributed by atoms with Crippen molar-refractivity contribution in [3.63, 3.8) is 0 Å². The maximum Gasteiger partial charge on any atom is 0.409 e. The van der Waals surface area contributed by atoms with Crippen LogP contribution in [0.2, 0.25) is 0 Å². The monoisotopic (exact) mass is 284 g/mol. The van der Waals surface area contributed by atoms with Crippen molar-refractivity contribution in [2.24, 2.45) is 11.8 Å². The number of hydrogen-bond acceptors (Lipinski definition) is 3. The molecule has 0 N–H and O–H groups in total. The molecule has 0 aliphatic carbocycles. The standard InChI is InChI=1S/C15H28N2O3/c1-5-13(6-2)14(18)16-7-9-17(10-8-16)15(19)20-11-12(3)4/h12-13H,5-11H2,1-4H3. The summed E-state index contributed by atoms with van der Waals surface area (Å²) >= 11 is 0. The van der Waals surface area contributed by atoms with E-state index in [1.165, 1.54) is 0 Å². The normalized spacial score (nSPS) is 15.9. The second-order valence-corrected chi connectivity index (χ2v) is 5.80. The molecule has 1 rings (SSSR count). The summed E-state index contributed by atoms with van der Waals surface area (Å²) in [6.07, 6.45) is 1.51. The van der Waals surface area contributed by atoms with E-state index in [9.17, 15) is 9.59 Å². The first-order valence-corrected chi connectivity index (χ1v) is 7.70. The van der Waals surface area contributed by atoms with E-state index in [2.05, 4.69) is 0 Å². The van der Waals surface area contributed by atoms with E-state index in [1.807, 2.05) is 32.6 Å². The van der Waals surface area contributed by atoms with Crippen LogP contribution in [0, 0.1) is 11.8 Å². The molecule has 0 atom stereocenters. The zero-order valence-electron chi connectivity index (χ0n) is 13.2. The molecule has 20 heavy (non-hydrogen) atoms. The molecule has 0 aromatic rings. The summed E-state index contributed by atoms with van der Waals surface area (Å²) in [7, 11) is 0. The Labute approximate surface area is 122 Å². The van der Waals surface area contributed by atoms with Crippen LogP contribution in [-0.2, 0) is 9.53 Å². The lowest BCUT2D eigenvalue weighted by Crippen LogP contribution is -2.52. The summed E-state index contributed by atoms with van der Waals surface area (Å²) in [5.74, 6) is 0.691. The van der Waals surface area contributed by atoms with Crippen LogP contribution in [0.1, 0.15) is 40.5 Å². The van der Waals surface area contributed by atoms with Crippen molar-refractivity contribution < 1.29 is 14.3 Å². The van der Waals surface area contributed by atoms with E-state index in [1.54, 1.807) is 4.90 Å². The topological polar surface area (TPSA) is 49.9 Å². The summed E-state index contributed by atoms with van der Waals surface area (Å²) in [6.45, 7) is 11.0. The molecule has 0 unspecified atom stereocenters. The third-order valence-electron chi connectivity index (χ3n) is 3.72. The Balaban J connectivity index is 2.39. The van der Waals surface area contributed by atoms with Gasteiger partial charge in [0.25, 0.3) is 0 Å². The van der Waals surface area contributed by atoms with Crippen LogP contribution >= 0.6 is 0 Å². The van der Waals surface area contributed by atoms with Gasteiger partial charge in [0.2, 0.25) is 5.91 Å². The molecule has 0 bridgehead atoms. The Morgan fingerprint density at radius 1 is 1.00 bits per heavy atom. The van der Waals surface area contributed by atoms with Crippen molar-refractivity contribution >= 4 is 12.0 Å². The van der Waals surface area contributed by atoms with E-state index in [4.69, 9.17) is 4.74 Å². The van der Waals surface area contributed by atoms with Gasteiger partial charge in [-0.2, -0.15) is 0 Å². The SMILES string of the molecule is CCC(CC)C(=O)N1CCN(C(=O)OCC(C)C)CC1. The third kappa shape index (κ3) is 4.69. The van der Waals surface area contributed by atoms with Crippen LogP contribution in [0.4, 0.5) is 4.79 Å². The fraction of sp³-hybridized carbons (Fsp3) is 0.867.